The highest BCUT2D eigenvalue weighted by Gasteiger charge is 2.32. The number of carbonyl (C=O) groups is 1. The van der Waals surface area contributed by atoms with Gasteiger partial charge in [-0.25, -0.2) is 4.39 Å². The van der Waals surface area contributed by atoms with Gasteiger partial charge in [-0.05, 0) is 24.3 Å². The van der Waals surface area contributed by atoms with Crippen LogP contribution in [0, 0.1) is 5.92 Å². The number of amides is 1. The van der Waals surface area contributed by atoms with Crippen LogP contribution in [0.2, 0.25) is 0 Å². The average Bonchev–Trinajstić information content (AvgIpc) is 3.17. The number of nitrogens with zero attached hydrogens (tertiary/aromatic N) is 3. The van der Waals surface area contributed by atoms with Gasteiger partial charge in [-0.2, -0.15) is 5.10 Å². The molecular weight excluding hydrogens is 259 g/mol. The molecule has 1 saturated carbocycles. The van der Waals surface area contributed by atoms with E-state index < -0.39 is 0 Å². The Labute approximate surface area is 117 Å². The Hall–Kier alpha value is -1.69. The topological polar surface area (TPSA) is 64.2 Å². The fourth-order valence-corrected chi connectivity index (χ4v) is 2.56. The number of hydrogen-bond acceptors (Lipinski definition) is 3. The molecule has 0 atom stereocenters. The van der Waals surface area contributed by atoms with E-state index in [0.29, 0.717) is 29.9 Å². The first-order valence-corrected chi connectivity index (χ1v) is 7.05. The third kappa shape index (κ3) is 2.60. The second-order valence-corrected chi connectivity index (χ2v) is 5.60. The summed E-state index contributed by atoms with van der Waals surface area (Å²) in [5.74, 6) is 0.747. The summed E-state index contributed by atoms with van der Waals surface area (Å²) in [5, 5.41) is 4.37. The van der Waals surface area contributed by atoms with Crippen LogP contribution in [0.5, 0.6) is 0 Å². The first kappa shape index (κ1) is 13.3. The van der Waals surface area contributed by atoms with Crippen LogP contribution in [-0.4, -0.2) is 40.2 Å². The van der Waals surface area contributed by atoms with E-state index in [4.69, 9.17) is 5.73 Å². The largest absolute Gasteiger partial charge is 0.338 e. The summed E-state index contributed by atoms with van der Waals surface area (Å²) in [7, 11) is 0. The minimum absolute atomic E-state index is 0.0583. The van der Waals surface area contributed by atoms with Gasteiger partial charge >= 0.3 is 0 Å². The van der Waals surface area contributed by atoms with Crippen molar-refractivity contribution >= 4 is 5.91 Å². The number of nitrogens with two attached hydrogens (primary N) is 1. The summed E-state index contributed by atoms with van der Waals surface area (Å²) >= 11 is 0. The van der Waals surface area contributed by atoms with E-state index in [-0.39, 0.29) is 12.5 Å². The molecule has 0 aromatic carbocycles. The Morgan fingerprint density at radius 3 is 3.00 bits per heavy atom. The van der Waals surface area contributed by atoms with Crippen LogP contribution >= 0.6 is 0 Å². The van der Waals surface area contributed by atoms with Gasteiger partial charge in [0.15, 0.2) is 0 Å². The van der Waals surface area contributed by atoms with Crippen molar-refractivity contribution in [1.29, 1.82) is 0 Å². The minimum atomic E-state index is 0.0583. The van der Waals surface area contributed by atoms with Crippen molar-refractivity contribution < 1.29 is 9.18 Å². The molecule has 2 N–H and O–H groups in total. The lowest BCUT2D eigenvalue weighted by atomic mass is 10.1. The Bertz CT molecular complexity index is 547. The predicted octanol–water partition coefficient (Wildman–Crippen LogP) is 1.10. The van der Waals surface area contributed by atoms with E-state index in [1.165, 1.54) is 12.8 Å². The maximum Gasteiger partial charge on any atom is 0.257 e. The molecule has 0 bridgehead atoms. The number of halogens is 1. The molecule has 2 aliphatic rings. The summed E-state index contributed by atoms with van der Waals surface area (Å²) in [6.07, 6.45) is 5.48. The van der Waals surface area contributed by atoms with Crippen LogP contribution in [0.1, 0.15) is 28.9 Å². The van der Waals surface area contributed by atoms with Crippen LogP contribution in [0.25, 0.3) is 0 Å². The molecule has 0 saturated heterocycles. The molecule has 5 nitrogen and oxygen atoms in total. The van der Waals surface area contributed by atoms with E-state index in [2.05, 4.69) is 5.10 Å². The van der Waals surface area contributed by atoms with Crippen LogP contribution in [0.3, 0.4) is 0 Å². The van der Waals surface area contributed by atoms with Gasteiger partial charge in [0.2, 0.25) is 0 Å². The van der Waals surface area contributed by atoms with Crippen molar-refractivity contribution in [3.8, 4) is 0 Å². The van der Waals surface area contributed by atoms with Crippen LogP contribution < -0.4 is 5.73 Å². The van der Waals surface area contributed by atoms with Crippen LogP contribution in [0.4, 0.5) is 4.39 Å². The zero-order chi connectivity index (χ0) is 14.1. The summed E-state index contributed by atoms with van der Waals surface area (Å²) in [5.41, 5.74) is 7.38. The number of carbonyl (C=O) groups excluding carboxylic acids is 1. The van der Waals surface area contributed by atoms with Gasteiger partial charge < -0.3 is 10.6 Å². The smallest absolute Gasteiger partial charge is 0.257 e. The van der Waals surface area contributed by atoms with Gasteiger partial charge in [0.05, 0.1) is 24.1 Å². The van der Waals surface area contributed by atoms with Gasteiger partial charge in [-0.3, -0.25) is 9.48 Å². The molecule has 1 aliphatic carbocycles. The lowest BCUT2D eigenvalue weighted by Gasteiger charge is -2.25. The zero-order valence-electron chi connectivity index (χ0n) is 11.4. The predicted molar refractivity (Wildman–Crippen MR) is 72.8 cm³/mol. The van der Waals surface area contributed by atoms with Crippen molar-refractivity contribution in [2.45, 2.75) is 25.8 Å². The molecule has 1 aromatic heterocycles. The maximum atomic E-state index is 12.6. The lowest BCUT2D eigenvalue weighted by Crippen LogP contribution is -2.38. The first-order chi connectivity index (χ1) is 9.71. The molecule has 0 radical (unpaired) electrons. The molecule has 2 heterocycles. The molecular formula is C14H19FN4O. The number of fused-ring (bicyclic) bond motifs is 1. The van der Waals surface area contributed by atoms with Gasteiger partial charge in [0.1, 0.15) is 0 Å². The molecule has 3 rings (SSSR count). The summed E-state index contributed by atoms with van der Waals surface area (Å²) < 4.78 is 14.2. The highest BCUT2D eigenvalue weighted by Crippen LogP contribution is 2.31. The Morgan fingerprint density at radius 1 is 1.55 bits per heavy atom. The van der Waals surface area contributed by atoms with E-state index >= 15 is 0 Å². The van der Waals surface area contributed by atoms with Crippen molar-refractivity contribution in [3.63, 3.8) is 0 Å². The molecule has 1 fully saturated rings. The molecule has 20 heavy (non-hydrogen) atoms. The third-order valence-corrected chi connectivity index (χ3v) is 3.93. The quantitative estimate of drug-likeness (QED) is 0.877. The van der Waals surface area contributed by atoms with Gasteiger partial charge in [0, 0.05) is 32.3 Å². The van der Waals surface area contributed by atoms with Crippen molar-refractivity contribution in [2.75, 3.05) is 19.6 Å². The summed E-state index contributed by atoms with van der Waals surface area (Å²) in [4.78, 5) is 14.3. The van der Waals surface area contributed by atoms with Gasteiger partial charge in [-0.1, -0.05) is 0 Å². The number of aromatic nitrogens is 2. The van der Waals surface area contributed by atoms with Crippen molar-refractivity contribution in [3.05, 3.63) is 29.4 Å². The van der Waals surface area contributed by atoms with Crippen molar-refractivity contribution in [2.24, 2.45) is 11.7 Å². The second-order valence-electron chi connectivity index (χ2n) is 5.60. The first-order valence-electron chi connectivity index (χ1n) is 7.05. The molecule has 1 amide bonds. The summed E-state index contributed by atoms with van der Waals surface area (Å²) in [6.45, 7) is 2.06. The molecule has 0 spiro atoms. The standard InChI is InChI=1S/C14H19FN4O/c15-5-11(6-16)8-19-9-12-13(17-19)3-4-18(14(12)20)7-10-1-2-10/h5,9-10H,1-4,6-8,16H2/b11-5+. The minimum Gasteiger partial charge on any atom is -0.338 e. The Balaban J connectivity index is 1.75. The highest BCUT2D eigenvalue weighted by molar-refractivity contribution is 5.96. The maximum absolute atomic E-state index is 12.6. The zero-order valence-corrected chi connectivity index (χ0v) is 11.4. The SMILES string of the molecule is NC/C(=C\F)Cn1cc2c(n1)CCN(CC1CC1)C2=O. The number of hydrogen-bond donors (Lipinski definition) is 1. The monoisotopic (exact) mass is 278 g/mol. The van der Waals surface area contributed by atoms with Gasteiger partial charge in [-0.15, -0.1) is 0 Å². The molecule has 1 aromatic rings. The van der Waals surface area contributed by atoms with E-state index in [0.717, 1.165) is 25.2 Å². The van der Waals surface area contributed by atoms with Crippen LogP contribution in [-0.2, 0) is 13.0 Å². The molecule has 108 valence electrons. The second kappa shape index (κ2) is 5.36. The fourth-order valence-electron chi connectivity index (χ4n) is 2.56. The number of rotatable bonds is 5. The molecule has 1 aliphatic heterocycles. The van der Waals surface area contributed by atoms with E-state index in [1.54, 1.807) is 10.9 Å². The van der Waals surface area contributed by atoms with E-state index in [9.17, 15) is 9.18 Å². The third-order valence-electron chi connectivity index (χ3n) is 3.93. The van der Waals surface area contributed by atoms with Gasteiger partial charge in [0.25, 0.3) is 5.91 Å². The summed E-state index contributed by atoms with van der Waals surface area (Å²) in [6, 6.07) is 0. The lowest BCUT2D eigenvalue weighted by molar-refractivity contribution is 0.0731. The van der Waals surface area contributed by atoms with Crippen molar-refractivity contribution in [1.82, 2.24) is 14.7 Å². The average molecular weight is 278 g/mol. The Kier molecular flexibility index (Phi) is 3.56. The van der Waals surface area contributed by atoms with Crippen LogP contribution in [0.15, 0.2) is 18.1 Å². The molecule has 6 heteroatoms. The highest BCUT2D eigenvalue weighted by atomic mass is 19.1. The normalized spacial score (nSPS) is 19.4. The Morgan fingerprint density at radius 2 is 2.35 bits per heavy atom. The molecule has 0 unspecified atom stereocenters. The van der Waals surface area contributed by atoms with E-state index in [1.807, 2.05) is 4.90 Å². The fraction of sp³-hybridized carbons (Fsp3) is 0.571.